The van der Waals surface area contributed by atoms with Crippen LogP contribution in [-0.4, -0.2) is 19.4 Å². The van der Waals surface area contributed by atoms with E-state index in [0.717, 1.165) is 11.8 Å². The largest absolute Gasteiger partial charge is 0.468 e. The number of carbonyl (C=O) groups excluding carboxylic acids is 2. The Morgan fingerprint density at radius 3 is 2.43 bits per heavy atom. The van der Waals surface area contributed by atoms with Crippen LogP contribution < -0.4 is 0 Å². The topological polar surface area (TPSA) is 43.4 Å². The molecular formula is C10H9BrO3. The molecule has 0 saturated carbocycles. The zero-order valence-corrected chi connectivity index (χ0v) is 9.15. The Kier molecular flexibility index (Phi) is 3.83. The molecule has 4 heteroatoms. The van der Waals surface area contributed by atoms with E-state index in [1.54, 1.807) is 24.3 Å². The van der Waals surface area contributed by atoms with Gasteiger partial charge in [-0.2, -0.15) is 0 Å². The molecule has 0 radical (unpaired) electrons. The van der Waals surface area contributed by atoms with E-state index < -0.39 is 4.83 Å². The van der Waals surface area contributed by atoms with E-state index in [4.69, 9.17) is 0 Å². The van der Waals surface area contributed by atoms with E-state index in [1.807, 2.05) is 0 Å². The predicted molar refractivity (Wildman–Crippen MR) is 55.5 cm³/mol. The molecule has 0 aliphatic heterocycles. The summed E-state index contributed by atoms with van der Waals surface area (Å²) in [6, 6.07) is 6.72. The summed E-state index contributed by atoms with van der Waals surface area (Å²) in [5, 5.41) is 0. The lowest BCUT2D eigenvalue weighted by Gasteiger charge is -2.07. The molecule has 1 aromatic carbocycles. The van der Waals surface area contributed by atoms with E-state index in [9.17, 15) is 9.59 Å². The number of alkyl halides is 1. The van der Waals surface area contributed by atoms with Crippen molar-refractivity contribution in [2.24, 2.45) is 0 Å². The van der Waals surface area contributed by atoms with E-state index in [0.29, 0.717) is 5.56 Å². The third-order valence-electron chi connectivity index (χ3n) is 1.77. The van der Waals surface area contributed by atoms with Crippen molar-refractivity contribution in [3.05, 3.63) is 35.4 Å². The van der Waals surface area contributed by atoms with Gasteiger partial charge in [0.2, 0.25) is 0 Å². The maximum atomic E-state index is 11.1. The fourth-order valence-corrected chi connectivity index (χ4v) is 1.48. The average Bonchev–Trinajstić information content (AvgIpc) is 2.27. The van der Waals surface area contributed by atoms with Gasteiger partial charge in [-0.05, 0) is 5.56 Å². The minimum absolute atomic E-state index is 0.358. The molecule has 0 fully saturated rings. The number of rotatable bonds is 3. The number of ether oxygens (including phenoxy) is 1. The number of halogens is 1. The highest BCUT2D eigenvalue weighted by Crippen LogP contribution is 2.23. The Labute approximate surface area is 90.2 Å². The number of methoxy groups -OCH3 is 1. The van der Waals surface area contributed by atoms with Crippen molar-refractivity contribution in [2.75, 3.05) is 7.11 Å². The molecule has 0 aliphatic rings. The minimum Gasteiger partial charge on any atom is -0.468 e. The molecule has 1 atom stereocenters. The quantitative estimate of drug-likeness (QED) is 0.473. The lowest BCUT2D eigenvalue weighted by molar-refractivity contribution is -0.139. The van der Waals surface area contributed by atoms with Crippen LogP contribution in [0.15, 0.2) is 24.3 Å². The van der Waals surface area contributed by atoms with Crippen molar-refractivity contribution in [3.8, 4) is 0 Å². The van der Waals surface area contributed by atoms with Crippen LogP contribution in [0.2, 0.25) is 0 Å². The Hall–Kier alpha value is -1.16. The molecule has 0 aliphatic carbocycles. The molecule has 1 aromatic rings. The summed E-state index contributed by atoms with van der Waals surface area (Å²) in [6.07, 6.45) is 0.755. The molecule has 74 valence electrons. The van der Waals surface area contributed by atoms with E-state index in [2.05, 4.69) is 20.7 Å². The Morgan fingerprint density at radius 1 is 1.43 bits per heavy atom. The first kappa shape index (κ1) is 10.9. The first-order valence-electron chi connectivity index (χ1n) is 3.96. The van der Waals surface area contributed by atoms with E-state index in [1.165, 1.54) is 7.11 Å². The van der Waals surface area contributed by atoms with Crippen LogP contribution in [0.5, 0.6) is 0 Å². The number of aldehydes is 1. The van der Waals surface area contributed by atoms with Crippen LogP contribution in [0, 0.1) is 0 Å². The summed E-state index contributed by atoms with van der Waals surface area (Å²) in [4.78, 5) is 21.0. The highest BCUT2D eigenvalue weighted by molar-refractivity contribution is 9.09. The molecule has 0 amide bonds. The maximum Gasteiger partial charge on any atom is 0.323 e. The standard InChI is InChI=1S/C10H9BrO3/c1-14-10(13)9(11)8-4-2-7(6-12)3-5-8/h2-6,9H,1H3. The second-order valence-corrected chi connectivity index (χ2v) is 3.59. The second-order valence-electron chi connectivity index (χ2n) is 2.67. The van der Waals surface area contributed by atoms with Crippen molar-refractivity contribution in [1.29, 1.82) is 0 Å². The number of hydrogen-bond acceptors (Lipinski definition) is 3. The molecular weight excluding hydrogens is 248 g/mol. The van der Waals surface area contributed by atoms with Gasteiger partial charge in [0.1, 0.15) is 11.1 Å². The van der Waals surface area contributed by atoms with Crippen LogP contribution >= 0.6 is 15.9 Å². The van der Waals surface area contributed by atoms with Crippen LogP contribution in [-0.2, 0) is 9.53 Å². The highest BCUT2D eigenvalue weighted by atomic mass is 79.9. The zero-order chi connectivity index (χ0) is 10.6. The first-order chi connectivity index (χ1) is 6.69. The Balaban J connectivity index is 2.86. The first-order valence-corrected chi connectivity index (χ1v) is 4.87. The molecule has 0 N–H and O–H groups in total. The van der Waals surface area contributed by atoms with E-state index >= 15 is 0 Å². The van der Waals surface area contributed by atoms with Gasteiger partial charge < -0.3 is 4.74 Å². The summed E-state index contributed by atoms with van der Waals surface area (Å²) >= 11 is 3.20. The van der Waals surface area contributed by atoms with Gasteiger partial charge in [-0.15, -0.1) is 0 Å². The Bertz CT molecular complexity index is 332. The molecule has 0 bridgehead atoms. The van der Waals surface area contributed by atoms with Gasteiger partial charge in [0.15, 0.2) is 0 Å². The summed E-state index contributed by atoms with van der Waals surface area (Å²) < 4.78 is 4.57. The van der Waals surface area contributed by atoms with Crippen LogP contribution in [0.1, 0.15) is 20.7 Å². The highest BCUT2D eigenvalue weighted by Gasteiger charge is 2.16. The number of hydrogen-bond donors (Lipinski definition) is 0. The fraction of sp³-hybridized carbons (Fsp3) is 0.200. The molecule has 0 heterocycles. The Morgan fingerprint density at radius 2 is 2.00 bits per heavy atom. The maximum absolute atomic E-state index is 11.1. The molecule has 0 spiro atoms. The zero-order valence-electron chi connectivity index (χ0n) is 7.57. The van der Waals surface area contributed by atoms with Crippen LogP contribution in [0.4, 0.5) is 0 Å². The third-order valence-corrected chi connectivity index (χ3v) is 2.68. The third kappa shape index (κ3) is 2.42. The van der Waals surface area contributed by atoms with Crippen molar-refractivity contribution in [1.82, 2.24) is 0 Å². The fourth-order valence-electron chi connectivity index (χ4n) is 0.983. The monoisotopic (exact) mass is 256 g/mol. The van der Waals surface area contributed by atoms with Gasteiger partial charge in [0, 0.05) is 5.56 Å². The molecule has 1 rings (SSSR count). The van der Waals surface area contributed by atoms with Gasteiger partial charge in [-0.1, -0.05) is 40.2 Å². The molecule has 1 unspecified atom stereocenters. The average molecular weight is 257 g/mol. The van der Waals surface area contributed by atoms with Gasteiger partial charge in [0.05, 0.1) is 7.11 Å². The van der Waals surface area contributed by atoms with Crippen molar-refractivity contribution >= 4 is 28.2 Å². The predicted octanol–water partition coefficient (Wildman–Crippen LogP) is 2.11. The van der Waals surface area contributed by atoms with Crippen molar-refractivity contribution in [2.45, 2.75) is 4.83 Å². The normalized spacial score (nSPS) is 11.9. The number of esters is 1. The summed E-state index contributed by atoms with van der Waals surface area (Å²) in [5.74, 6) is -0.358. The van der Waals surface area contributed by atoms with Gasteiger partial charge in [-0.3, -0.25) is 9.59 Å². The molecule has 3 nitrogen and oxygen atoms in total. The summed E-state index contributed by atoms with van der Waals surface area (Å²) in [7, 11) is 1.33. The molecule has 14 heavy (non-hydrogen) atoms. The van der Waals surface area contributed by atoms with Crippen molar-refractivity contribution < 1.29 is 14.3 Å². The lowest BCUT2D eigenvalue weighted by atomic mass is 10.1. The molecule has 0 saturated heterocycles. The van der Waals surface area contributed by atoms with Gasteiger partial charge >= 0.3 is 5.97 Å². The molecule has 0 aromatic heterocycles. The lowest BCUT2D eigenvalue weighted by Crippen LogP contribution is -2.07. The van der Waals surface area contributed by atoms with Gasteiger partial charge in [0.25, 0.3) is 0 Å². The van der Waals surface area contributed by atoms with Crippen molar-refractivity contribution in [3.63, 3.8) is 0 Å². The number of carbonyl (C=O) groups is 2. The van der Waals surface area contributed by atoms with Crippen LogP contribution in [0.25, 0.3) is 0 Å². The smallest absolute Gasteiger partial charge is 0.323 e. The number of benzene rings is 1. The van der Waals surface area contributed by atoms with Crippen LogP contribution in [0.3, 0.4) is 0 Å². The van der Waals surface area contributed by atoms with Gasteiger partial charge in [-0.25, -0.2) is 0 Å². The SMILES string of the molecule is COC(=O)C(Br)c1ccc(C=O)cc1. The summed E-state index contributed by atoms with van der Waals surface area (Å²) in [6.45, 7) is 0. The summed E-state index contributed by atoms with van der Waals surface area (Å²) in [5.41, 5.74) is 1.35. The second kappa shape index (κ2) is 4.91. The van der Waals surface area contributed by atoms with E-state index in [-0.39, 0.29) is 5.97 Å². The minimum atomic E-state index is -0.479.